The van der Waals surface area contributed by atoms with E-state index in [9.17, 15) is 0 Å². The second kappa shape index (κ2) is 6.12. The van der Waals surface area contributed by atoms with Gasteiger partial charge in [0.1, 0.15) is 0 Å². The van der Waals surface area contributed by atoms with Crippen molar-refractivity contribution in [3.8, 4) is 0 Å². The van der Waals surface area contributed by atoms with Crippen molar-refractivity contribution in [2.24, 2.45) is 11.3 Å². The molecule has 0 aromatic rings. The van der Waals surface area contributed by atoms with Crippen LogP contribution >= 0.6 is 15.9 Å². The van der Waals surface area contributed by atoms with Gasteiger partial charge in [0.05, 0.1) is 6.61 Å². The zero-order valence-corrected chi connectivity index (χ0v) is 11.1. The van der Waals surface area contributed by atoms with Crippen LogP contribution < -0.4 is 0 Å². The van der Waals surface area contributed by atoms with Crippen LogP contribution in [-0.2, 0) is 4.74 Å². The molecule has 0 aliphatic carbocycles. The van der Waals surface area contributed by atoms with E-state index in [-0.39, 0.29) is 0 Å². The molecular formula is C12H23BrO. The van der Waals surface area contributed by atoms with E-state index in [1.165, 1.54) is 32.1 Å². The first-order valence-corrected chi connectivity index (χ1v) is 7.02. The molecule has 0 radical (unpaired) electrons. The highest BCUT2D eigenvalue weighted by molar-refractivity contribution is 9.09. The molecule has 1 fully saturated rings. The minimum atomic E-state index is 0.439. The van der Waals surface area contributed by atoms with Crippen molar-refractivity contribution in [3.05, 3.63) is 0 Å². The lowest BCUT2D eigenvalue weighted by Gasteiger charge is -2.38. The largest absolute Gasteiger partial charge is 0.381 e. The predicted octanol–water partition coefficient (Wildman–Crippen LogP) is 4.00. The summed E-state index contributed by atoms with van der Waals surface area (Å²) >= 11 is 3.67. The van der Waals surface area contributed by atoms with Crippen molar-refractivity contribution in [2.75, 3.05) is 18.5 Å². The number of alkyl halides is 1. The molecule has 14 heavy (non-hydrogen) atoms. The quantitative estimate of drug-likeness (QED) is 0.681. The Bertz CT molecular complexity index is 148. The lowest BCUT2D eigenvalue weighted by Crippen LogP contribution is -2.35. The van der Waals surface area contributed by atoms with Crippen LogP contribution in [0.4, 0.5) is 0 Å². The molecule has 2 heteroatoms. The number of hydrogen-bond donors (Lipinski definition) is 0. The van der Waals surface area contributed by atoms with Crippen LogP contribution in [0, 0.1) is 11.3 Å². The SMILES string of the molecule is CCC(CC)CC1(CBr)CCCOC1. The highest BCUT2D eigenvalue weighted by Crippen LogP contribution is 2.38. The Morgan fingerprint density at radius 2 is 2.07 bits per heavy atom. The first kappa shape index (κ1) is 12.5. The molecule has 0 aromatic heterocycles. The number of hydrogen-bond acceptors (Lipinski definition) is 1. The summed E-state index contributed by atoms with van der Waals surface area (Å²) in [5, 5.41) is 1.11. The topological polar surface area (TPSA) is 9.23 Å². The third-order valence-corrected chi connectivity index (χ3v) is 4.75. The summed E-state index contributed by atoms with van der Waals surface area (Å²) in [6.45, 7) is 6.55. The predicted molar refractivity (Wildman–Crippen MR) is 65.0 cm³/mol. The summed E-state index contributed by atoms with van der Waals surface area (Å²) in [5.41, 5.74) is 0.439. The second-order valence-electron chi connectivity index (χ2n) is 4.68. The van der Waals surface area contributed by atoms with E-state index in [1.54, 1.807) is 0 Å². The Labute approximate surface area is 96.7 Å². The van der Waals surface area contributed by atoms with E-state index < -0.39 is 0 Å². The van der Waals surface area contributed by atoms with Gasteiger partial charge in [0.25, 0.3) is 0 Å². The third-order valence-electron chi connectivity index (χ3n) is 3.56. The van der Waals surface area contributed by atoms with Crippen molar-refractivity contribution < 1.29 is 4.74 Å². The molecule has 1 atom stereocenters. The lowest BCUT2D eigenvalue weighted by atomic mass is 9.75. The Balaban J connectivity index is 2.50. The van der Waals surface area contributed by atoms with E-state index in [2.05, 4.69) is 29.8 Å². The van der Waals surface area contributed by atoms with Crippen LogP contribution in [0.1, 0.15) is 46.0 Å². The molecule has 1 nitrogen and oxygen atoms in total. The van der Waals surface area contributed by atoms with Crippen molar-refractivity contribution in [1.29, 1.82) is 0 Å². The van der Waals surface area contributed by atoms with Gasteiger partial charge in [-0.05, 0) is 25.2 Å². The van der Waals surface area contributed by atoms with Crippen LogP contribution in [0.2, 0.25) is 0 Å². The van der Waals surface area contributed by atoms with Gasteiger partial charge < -0.3 is 4.74 Å². The maximum atomic E-state index is 5.64. The second-order valence-corrected chi connectivity index (χ2v) is 5.24. The molecule has 0 saturated carbocycles. The summed E-state index contributed by atoms with van der Waals surface area (Å²) in [7, 11) is 0. The van der Waals surface area contributed by atoms with Gasteiger partial charge in [-0.2, -0.15) is 0 Å². The Hall–Kier alpha value is 0.440. The minimum Gasteiger partial charge on any atom is -0.381 e. The fourth-order valence-electron chi connectivity index (χ4n) is 2.42. The van der Waals surface area contributed by atoms with Crippen LogP contribution in [0.25, 0.3) is 0 Å². The number of rotatable bonds is 5. The van der Waals surface area contributed by atoms with Crippen LogP contribution in [-0.4, -0.2) is 18.5 Å². The van der Waals surface area contributed by atoms with Crippen molar-refractivity contribution in [1.82, 2.24) is 0 Å². The zero-order chi connectivity index (χ0) is 10.4. The molecule has 1 saturated heterocycles. The Kier molecular flexibility index (Phi) is 5.47. The summed E-state index contributed by atoms with van der Waals surface area (Å²) in [5.74, 6) is 0.884. The molecule has 0 N–H and O–H groups in total. The molecule has 1 heterocycles. The van der Waals surface area contributed by atoms with Gasteiger partial charge in [-0.25, -0.2) is 0 Å². The molecule has 1 aliphatic heterocycles. The van der Waals surface area contributed by atoms with Crippen LogP contribution in [0.15, 0.2) is 0 Å². The fraction of sp³-hybridized carbons (Fsp3) is 1.00. The molecule has 1 aliphatic rings. The average molecular weight is 263 g/mol. The first-order valence-electron chi connectivity index (χ1n) is 5.90. The lowest BCUT2D eigenvalue weighted by molar-refractivity contribution is -0.00756. The highest BCUT2D eigenvalue weighted by Gasteiger charge is 2.33. The molecular weight excluding hydrogens is 240 g/mol. The third kappa shape index (κ3) is 3.23. The Morgan fingerprint density at radius 3 is 2.50 bits per heavy atom. The fourth-order valence-corrected chi connectivity index (χ4v) is 3.09. The van der Waals surface area contributed by atoms with Crippen molar-refractivity contribution >= 4 is 15.9 Å². The standard InChI is InChI=1S/C12H23BrO/c1-3-11(4-2)8-12(9-13)6-5-7-14-10-12/h11H,3-10H2,1-2H3. The zero-order valence-electron chi connectivity index (χ0n) is 9.52. The van der Waals surface area contributed by atoms with E-state index in [4.69, 9.17) is 4.74 Å². The molecule has 0 aromatic carbocycles. The minimum absolute atomic E-state index is 0.439. The molecule has 1 unspecified atom stereocenters. The van der Waals surface area contributed by atoms with E-state index >= 15 is 0 Å². The number of ether oxygens (including phenoxy) is 1. The molecule has 1 rings (SSSR count). The van der Waals surface area contributed by atoms with E-state index in [0.717, 1.165) is 24.5 Å². The molecule has 84 valence electrons. The smallest absolute Gasteiger partial charge is 0.0530 e. The molecule has 0 spiro atoms. The molecule has 0 amide bonds. The van der Waals surface area contributed by atoms with Gasteiger partial charge in [0.15, 0.2) is 0 Å². The summed E-state index contributed by atoms with van der Waals surface area (Å²) in [4.78, 5) is 0. The summed E-state index contributed by atoms with van der Waals surface area (Å²) < 4.78 is 5.64. The maximum Gasteiger partial charge on any atom is 0.0530 e. The normalized spacial score (nSPS) is 28.3. The monoisotopic (exact) mass is 262 g/mol. The van der Waals surface area contributed by atoms with Crippen molar-refractivity contribution in [3.63, 3.8) is 0 Å². The maximum absolute atomic E-state index is 5.64. The molecule has 0 bridgehead atoms. The van der Waals surface area contributed by atoms with E-state index in [0.29, 0.717) is 5.41 Å². The average Bonchev–Trinajstić information content (AvgIpc) is 2.27. The van der Waals surface area contributed by atoms with Crippen LogP contribution in [0.3, 0.4) is 0 Å². The van der Waals surface area contributed by atoms with E-state index in [1.807, 2.05) is 0 Å². The summed E-state index contributed by atoms with van der Waals surface area (Å²) in [6, 6.07) is 0. The summed E-state index contributed by atoms with van der Waals surface area (Å²) in [6.07, 6.45) is 6.54. The highest BCUT2D eigenvalue weighted by atomic mass is 79.9. The first-order chi connectivity index (χ1) is 6.76. The van der Waals surface area contributed by atoms with Gasteiger partial charge in [-0.1, -0.05) is 42.6 Å². The van der Waals surface area contributed by atoms with Gasteiger partial charge in [-0.3, -0.25) is 0 Å². The van der Waals surface area contributed by atoms with Crippen LogP contribution in [0.5, 0.6) is 0 Å². The van der Waals surface area contributed by atoms with Gasteiger partial charge in [0.2, 0.25) is 0 Å². The Morgan fingerprint density at radius 1 is 1.36 bits per heavy atom. The van der Waals surface area contributed by atoms with Crippen molar-refractivity contribution in [2.45, 2.75) is 46.0 Å². The van der Waals surface area contributed by atoms with Gasteiger partial charge in [-0.15, -0.1) is 0 Å². The van der Waals surface area contributed by atoms with Gasteiger partial charge in [0, 0.05) is 17.4 Å². The van der Waals surface area contributed by atoms with Gasteiger partial charge >= 0.3 is 0 Å². The number of halogens is 1.